The summed E-state index contributed by atoms with van der Waals surface area (Å²) in [5.41, 5.74) is -0.845. The molecule has 1 fully saturated rings. The fourth-order valence-electron chi connectivity index (χ4n) is 2.69. The Hall–Kier alpha value is -1.10. The van der Waals surface area contributed by atoms with Gasteiger partial charge in [-0.05, 0) is 19.3 Å². The molecule has 0 bridgehead atoms. The smallest absolute Gasteiger partial charge is 0.310 e. The lowest BCUT2D eigenvalue weighted by Gasteiger charge is -2.27. The van der Waals surface area contributed by atoms with Gasteiger partial charge in [-0.2, -0.15) is 0 Å². The molecule has 1 rings (SSSR count). The predicted octanol–water partition coefficient (Wildman–Crippen LogP) is 1.95. The summed E-state index contributed by atoms with van der Waals surface area (Å²) in [7, 11) is 1.62. The van der Waals surface area contributed by atoms with Crippen LogP contribution in [0.1, 0.15) is 51.4 Å². The van der Waals surface area contributed by atoms with E-state index in [1.54, 1.807) is 7.11 Å². The van der Waals surface area contributed by atoms with Gasteiger partial charge in [0.2, 0.25) is 5.91 Å². The Morgan fingerprint density at radius 2 is 1.84 bits per heavy atom. The fourth-order valence-corrected chi connectivity index (χ4v) is 2.69. The van der Waals surface area contributed by atoms with Crippen molar-refractivity contribution >= 4 is 11.9 Å². The molecule has 1 saturated carbocycles. The minimum absolute atomic E-state index is 0.106. The van der Waals surface area contributed by atoms with Gasteiger partial charge in [-0.3, -0.25) is 9.59 Å². The van der Waals surface area contributed by atoms with E-state index in [2.05, 4.69) is 5.32 Å². The molecule has 0 aliphatic heterocycles. The zero-order valence-corrected chi connectivity index (χ0v) is 11.7. The molecule has 0 unspecified atom stereocenters. The van der Waals surface area contributed by atoms with Gasteiger partial charge >= 0.3 is 5.97 Å². The first-order valence-corrected chi connectivity index (χ1v) is 7.10. The molecule has 0 heterocycles. The van der Waals surface area contributed by atoms with Crippen LogP contribution in [0.2, 0.25) is 0 Å². The van der Waals surface area contributed by atoms with Crippen LogP contribution in [0.4, 0.5) is 0 Å². The molecule has 2 N–H and O–H groups in total. The molecule has 0 aromatic carbocycles. The van der Waals surface area contributed by atoms with Crippen LogP contribution in [-0.2, 0) is 14.3 Å². The predicted molar refractivity (Wildman–Crippen MR) is 71.9 cm³/mol. The van der Waals surface area contributed by atoms with Gasteiger partial charge in [0.05, 0.1) is 5.41 Å². The first-order valence-electron chi connectivity index (χ1n) is 7.10. The summed E-state index contributed by atoms with van der Waals surface area (Å²) in [6.07, 6.45) is 6.06. The molecule has 0 saturated heterocycles. The number of carboxylic acids is 1. The van der Waals surface area contributed by atoms with E-state index in [9.17, 15) is 14.7 Å². The Labute approximate surface area is 114 Å². The van der Waals surface area contributed by atoms with Gasteiger partial charge in [-0.25, -0.2) is 0 Å². The lowest BCUT2D eigenvalue weighted by Crippen LogP contribution is -2.37. The topological polar surface area (TPSA) is 75.6 Å². The number of aliphatic carboxylic acids is 1. The van der Waals surface area contributed by atoms with Crippen molar-refractivity contribution in [1.29, 1.82) is 0 Å². The summed E-state index contributed by atoms with van der Waals surface area (Å²) < 4.78 is 4.90. The zero-order valence-electron chi connectivity index (χ0n) is 11.7. The highest BCUT2D eigenvalue weighted by Gasteiger charge is 2.40. The normalized spacial score (nSPS) is 18.6. The number of ether oxygens (including phenoxy) is 1. The van der Waals surface area contributed by atoms with Crippen LogP contribution in [0.25, 0.3) is 0 Å². The van der Waals surface area contributed by atoms with Crippen LogP contribution < -0.4 is 5.32 Å². The van der Waals surface area contributed by atoms with Gasteiger partial charge in [-0.1, -0.05) is 25.7 Å². The summed E-state index contributed by atoms with van der Waals surface area (Å²) in [5, 5.41) is 12.3. The van der Waals surface area contributed by atoms with Gasteiger partial charge < -0.3 is 15.2 Å². The molecular weight excluding hydrogens is 246 g/mol. The van der Waals surface area contributed by atoms with Crippen molar-refractivity contribution in [1.82, 2.24) is 5.32 Å². The molecule has 0 atom stereocenters. The van der Waals surface area contributed by atoms with E-state index in [1.807, 2.05) is 0 Å². The third-order valence-corrected chi connectivity index (χ3v) is 3.86. The van der Waals surface area contributed by atoms with E-state index in [0.29, 0.717) is 26.0 Å². The Morgan fingerprint density at radius 3 is 2.37 bits per heavy atom. The van der Waals surface area contributed by atoms with E-state index in [1.165, 1.54) is 0 Å². The molecule has 5 nitrogen and oxygen atoms in total. The molecule has 1 aliphatic carbocycles. The highest BCUT2D eigenvalue weighted by molar-refractivity contribution is 5.85. The van der Waals surface area contributed by atoms with Gasteiger partial charge in [-0.15, -0.1) is 0 Å². The number of amides is 1. The zero-order chi connectivity index (χ0) is 14.1. The lowest BCUT2D eigenvalue weighted by molar-refractivity contribution is -0.152. The Balaban J connectivity index is 2.48. The number of carbonyl (C=O) groups excluding carboxylic acids is 1. The van der Waals surface area contributed by atoms with Crippen molar-refractivity contribution < 1.29 is 19.4 Å². The molecular formula is C14H25NO4. The number of carbonyl (C=O) groups is 2. The molecule has 0 radical (unpaired) electrons. The maximum Gasteiger partial charge on any atom is 0.310 e. The van der Waals surface area contributed by atoms with Crippen molar-refractivity contribution in [2.75, 3.05) is 20.3 Å². The third-order valence-electron chi connectivity index (χ3n) is 3.86. The molecule has 0 spiro atoms. The standard InChI is InChI=1S/C14H25NO4/c1-19-10-6-9-15-12(16)11-14(13(17)18)7-4-2-3-5-8-14/h2-11H2,1H3,(H,15,16)(H,17,18). The van der Waals surface area contributed by atoms with E-state index in [4.69, 9.17) is 4.74 Å². The second-order valence-corrected chi connectivity index (χ2v) is 5.37. The average molecular weight is 271 g/mol. The summed E-state index contributed by atoms with van der Waals surface area (Å²) in [6, 6.07) is 0. The Bertz CT molecular complexity index is 296. The summed E-state index contributed by atoms with van der Waals surface area (Å²) in [5.74, 6) is -0.971. The molecule has 5 heteroatoms. The van der Waals surface area contributed by atoms with Gasteiger partial charge in [0.15, 0.2) is 0 Å². The number of nitrogens with one attached hydrogen (secondary N) is 1. The second kappa shape index (κ2) is 8.15. The fraction of sp³-hybridized carbons (Fsp3) is 0.857. The first-order chi connectivity index (χ1) is 9.10. The monoisotopic (exact) mass is 271 g/mol. The Kier molecular flexibility index (Phi) is 6.84. The van der Waals surface area contributed by atoms with E-state index in [0.717, 1.165) is 32.1 Å². The average Bonchev–Trinajstić information content (AvgIpc) is 2.61. The Morgan fingerprint density at radius 1 is 1.21 bits per heavy atom. The number of hydrogen-bond acceptors (Lipinski definition) is 3. The van der Waals surface area contributed by atoms with Crippen molar-refractivity contribution in [2.45, 2.75) is 51.4 Å². The van der Waals surface area contributed by atoms with Crippen LogP contribution in [0.15, 0.2) is 0 Å². The minimum atomic E-state index is -0.845. The summed E-state index contributed by atoms with van der Waals surface area (Å²) in [6.45, 7) is 1.15. The second-order valence-electron chi connectivity index (χ2n) is 5.37. The van der Waals surface area contributed by atoms with Crippen LogP contribution in [-0.4, -0.2) is 37.2 Å². The highest BCUT2D eigenvalue weighted by Crippen LogP contribution is 2.38. The van der Waals surface area contributed by atoms with E-state index in [-0.39, 0.29) is 12.3 Å². The van der Waals surface area contributed by atoms with Crippen molar-refractivity contribution in [3.8, 4) is 0 Å². The molecule has 19 heavy (non-hydrogen) atoms. The molecule has 0 aromatic heterocycles. The quantitative estimate of drug-likeness (QED) is 0.548. The largest absolute Gasteiger partial charge is 0.481 e. The SMILES string of the molecule is COCCCNC(=O)CC1(C(=O)O)CCCCCC1. The van der Waals surface area contributed by atoms with E-state index < -0.39 is 11.4 Å². The van der Waals surface area contributed by atoms with E-state index >= 15 is 0 Å². The van der Waals surface area contributed by atoms with Gasteiger partial charge in [0.25, 0.3) is 0 Å². The van der Waals surface area contributed by atoms with Crippen LogP contribution in [0, 0.1) is 5.41 Å². The minimum Gasteiger partial charge on any atom is -0.481 e. The number of carboxylic acid groups (broad SMARTS) is 1. The molecule has 1 amide bonds. The summed E-state index contributed by atoms with van der Waals surface area (Å²) in [4.78, 5) is 23.4. The van der Waals surface area contributed by atoms with Crippen molar-refractivity contribution in [2.24, 2.45) is 5.41 Å². The molecule has 0 aromatic rings. The van der Waals surface area contributed by atoms with Crippen LogP contribution in [0.5, 0.6) is 0 Å². The number of hydrogen-bond donors (Lipinski definition) is 2. The van der Waals surface area contributed by atoms with Gasteiger partial charge in [0.1, 0.15) is 0 Å². The summed E-state index contributed by atoms with van der Waals surface area (Å²) >= 11 is 0. The first kappa shape index (κ1) is 16.0. The van der Waals surface area contributed by atoms with Crippen LogP contribution in [0.3, 0.4) is 0 Å². The number of rotatable bonds is 7. The highest BCUT2D eigenvalue weighted by atomic mass is 16.5. The third kappa shape index (κ3) is 5.19. The van der Waals surface area contributed by atoms with Crippen LogP contribution >= 0.6 is 0 Å². The van der Waals surface area contributed by atoms with Crippen molar-refractivity contribution in [3.05, 3.63) is 0 Å². The maximum atomic E-state index is 11.9. The lowest BCUT2D eigenvalue weighted by atomic mass is 9.77. The maximum absolute atomic E-state index is 11.9. The number of methoxy groups -OCH3 is 1. The van der Waals surface area contributed by atoms with Crippen molar-refractivity contribution in [3.63, 3.8) is 0 Å². The van der Waals surface area contributed by atoms with Gasteiger partial charge in [0, 0.05) is 26.7 Å². The molecule has 1 aliphatic rings. The molecule has 110 valence electrons.